The Kier molecular flexibility index (Phi) is 4.81. The van der Waals surface area contributed by atoms with Gasteiger partial charge in [0.1, 0.15) is 5.82 Å². The van der Waals surface area contributed by atoms with E-state index in [4.69, 9.17) is 0 Å². The van der Waals surface area contributed by atoms with Gasteiger partial charge in [-0.15, -0.1) is 0 Å². The Morgan fingerprint density at radius 2 is 1.67 bits per heavy atom. The molecule has 1 aromatic heterocycles. The highest BCUT2D eigenvalue weighted by atomic mass is 79.9. The molecule has 0 atom stereocenters. The van der Waals surface area contributed by atoms with Gasteiger partial charge in [0.25, 0.3) is 0 Å². The van der Waals surface area contributed by atoms with Crippen LogP contribution in [0.1, 0.15) is 0 Å². The maximum Gasteiger partial charge on any atom is 0.302 e. The number of anilines is 3. The molecule has 0 aliphatic rings. The number of rotatable bonds is 5. The number of nitrogens with zero attached hydrogens (tertiary/aromatic N) is 2. The smallest absolute Gasteiger partial charge is 0.302 e. The molecule has 0 amide bonds. The minimum atomic E-state index is -3.53. The molecule has 1 heterocycles. The molecule has 21 heavy (non-hydrogen) atoms. The van der Waals surface area contributed by atoms with Gasteiger partial charge in [-0.2, -0.15) is 12.7 Å². The number of nitrogens with one attached hydrogen (secondary N) is 2. The number of benzene rings is 1. The third-order valence-electron chi connectivity index (χ3n) is 2.61. The number of pyridine rings is 1. The Labute approximate surface area is 132 Å². The van der Waals surface area contributed by atoms with Gasteiger partial charge in [0.05, 0.1) is 11.9 Å². The molecule has 8 heteroatoms. The first-order valence-electron chi connectivity index (χ1n) is 6.06. The van der Waals surface area contributed by atoms with Gasteiger partial charge in [-0.3, -0.25) is 4.72 Å². The third-order valence-corrected chi connectivity index (χ3v) is 4.57. The maximum atomic E-state index is 11.7. The fourth-order valence-corrected chi connectivity index (χ4v) is 2.28. The van der Waals surface area contributed by atoms with Crippen LogP contribution < -0.4 is 10.0 Å². The van der Waals surface area contributed by atoms with E-state index in [1.54, 1.807) is 18.3 Å². The van der Waals surface area contributed by atoms with Crippen molar-refractivity contribution in [2.45, 2.75) is 0 Å². The molecule has 0 saturated carbocycles. The fraction of sp³-hybridized carbons (Fsp3) is 0.154. The summed E-state index contributed by atoms with van der Waals surface area (Å²) in [5.74, 6) is 0.269. The van der Waals surface area contributed by atoms with E-state index in [9.17, 15) is 8.42 Å². The van der Waals surface area contributed by atoms with Crippen LogP contribution in [0.5, 0.6) is 0 Å². The highest BCUT2D eigenvalue weighted by Crippen LogP contribution is 2.19. The van der Waals surface area contributed by atoms with Crippen molar-refractivity contribution in [1.29, 1.82) is 0 Å². The Morgan fingerprint density at radius 1 is 1.05 bits per heavy atom. The summed E-state index contributed by atoms with van der Waals surface area (Å²) in [7, 11) is -0.632. The Hall–Kier alpha value is -1.64. The van der Waals surface area contributed by atoms with Crippen molar-refractivity contribution < 1.29 is 8.42 Å². The lowest BCUT2D eigenvalue weighted by Gasteiger charge is -2.13. The Bertz CT molecular complexity index is 700. The van der Waals surface area contributed by atoms with E-state index >= 15 is 0 Å². The van der Waals surface area contributed by atoms with Crippen LogP contribution >= 0.6 is 15.9 Å². The Balaban J connectivity index is 2.07. The second kappa shape index (κ2) is 6.42. The summed E-state index contributed by atoms with van der Waals surface area (Å²) in [5, 5.41) is 3.17. The molecule has 1 aromatic carbocycles. The number of hydrogen-bond donors (Lipinski definition) is 2. The molecular formula is C13H15BrN4O2S. The minimum absolute atomic E-state index is 0.269. The van der Waals surface area contributed by atoms with E-state index < -0.39 is 10.2 Å². The summed E-state index contributed by atoms with van der Waals surface area (Å²) in [6.45, 7) is 0. The molecule has 0 aliphatic carbocycles. The van der Waals surface area contributed by atoms with Gasteiger partial charge >= 0.3 is 10.2 Å². The number of halogens is 1. The summed E-state index contributed by atoms with van der Waals surface area (Å²) in [6, 6.07) is 11.1. The SMILES string of the molecule is CN(C)S(=O)(=O)Nc1ccc(Nc2ccc(Br)cc2)cn1. The first kappa shape index (κ1) is 15.7. The van der Waals surface area contributed by atoms with E-state index in [2.05, 4.69) is 31.0 Å². The van der Waals surface area contributed by atoms with Crippen molar-refractivity contribution in [2.75, 3.05) is 24.1 Å². The molecule has 112 valence electrons. The average Bonchev–Trinajstić information content (AvgIpc) is 2.43. The van der Waals surface area contributed by atoms with Gasteiger partial charge < -0.3 is 5.32 Å². The standard InChI is InChI=1S/C13H15BrN4O2S/c1-18(2)21(19,20)17-13-8-7-12(9-15-13)16-11-5-3-10(14)4-6-11/h3-9,16H,1-2H3,(H,15,17). The van der Waals surface area contributed by atoms with Gasteiger partial charge in [-0.25, -0.2) is 4.98 Å². The molecule has 2 aromatic rings. The van der Waals surface area contributed by atoms with Crippen LogP contribution in [0.15, 0.2) is 47.1 Å². The molecule has 2 N–H and O–H groups in total. The van der Waals surface area contributed by atoms with Crippen molar-refractivity contribution in [2.24, 2.45) is 0 Å². The van der Waals surface area contributed by atoms with Gasteiger partial charge in [0.2, 0.25) is 0 Å². The zero-order chi connectivity index (χ0) is 15.5. The summed E-state index contributed by atoms with van der Waals surface area (Å²) >= 11 is 3.37. The van der Waals surface area contributed by atoms with Crippen LogP contribution in [0.3, 0.4) is 0 Å². The van der Waals surface area contributed by atoms with Gasteiger partial charge in [0, 0.05) is 24.3 Å². The Morgan fingerprint density at radius 3 is 2.19 bits per heavy atom. The monoisotopic (exact) mass is 370 g/mol. The highest BCUT2D eigenvalue weighted by Gasteiger charge is 2.13. The van der Waals surface area contributed by atoms with E-state index in [1.165, 1.54) is 14.1 Å². The first-order chi connectivity index (χ1) is 9.87. The second-order valence-electron chi connectivity index (χ2n) is 4.45. The third kappa shape index (κ3) is 4.42. The van der Waals surface area contributed by atoms with Gasteiger partial charge in [-0.05, 0) is 36.4 Å². The molecule has 0 radical (unpaired) electrons. The van der Waals surface area contributed by atoms with Crippen molar-refractivity contribution in [3.8, 4) is 0 Å². The predicted molar refractivity (Wildman–Crippen MR) is 87.9 cm³/mol. The lowest BCUT2D eigenvalue weighted by Crippen LogP contribution is -2.29. The zero-order valence-corrected chi connectivity index (χ0v) is 13.9. The molecule has 0 spiro atoms. The van der Waals surface area contributed by atoms with Crippen molar-refractivity contribution in [3.63, 3.8) is 0 Å². The van der Waals surface area contributed by atoms with Crippen LogP contribution in [-0.4, -0.2) is 31.8 Å². The number of hydrogen-bond acceptors (Lipinski definition) is 4. The van der Waals surface area contributed by atoms with Crippen LogP contribution in [0, 0.1) is 0 Å². The summed E-state index contributed by atoms with van der Waals surface area (Å²) < 4.78 is 27.8. The summed E-state index contributed by atoms with van der Waals surface area (Å²) in [6.07, 6.45) is 1.57. The van der Waals surface area contributed by atoms with Crippen molar-refractivity contribution >= 4 is 43.3 Å². The average molecular weight is 371 g/mol. The normalized spacial score (nSPS) is 11.4. The van der Waals surface area contributed by atoms with Crippen LogP contribution in [-0.2, 0) is 10.2 Å². The fourth-order valence-electron chi connectivity index (χ4n) is 1.45. The molecule has 0 aliphatic heterocycles. The minimum Gasteiger partial charge on any atom is -0.354 e. The summed E-state index contributed by atoms with van der Waals surface area (Å²) in [4.78, 5) is 4.07. The zero-order valence-electron chi connectivity index (χ0n) is 11.5. The lowest BCUT2D eigenvalue weighted by molar-refractivity contribution is 0.526. The van der Waals surface area contributed by atoms with Gasteiger partial charge in [-0.1, -0.05) is 15.9 Å². The van der Waals surface area contributed by atoms with Crippen molar-refractivity contribution in [3.05, 3.63) is 47.1 Å². The van der Waals surface area contributed by atoms with Crippen LogP contribution in [0.2, 0.25) is 0 Å². The largest absolute Gasteiger partial charge is 0.354 e. The van der Waals surface area contributed by atoms with E-state index in [0.29, 0.717) is 0 Å². The molecule has 0 unspecified atom stereocenters. The highest BCUT2D eigenvalue weighted by molar-refractivity contribution is 9.10. The molecule has 0 bridgehead atoms. The molecule has 0 saturated heterocycles. The maximum absolute atomic E-state index is 11.7. The van der Waals surface area contributed by atoms with Crippen LogP contribution in [0.4, 0.5) is 17.2 Å². The topological polar surface area (TPSA) is 74.3 Å². The first-order valence-corrected chi connectivity index (χ1v) is 8.29. The van der Waals surface area contributed by atoms with Crippen molar-refractivity contribution in [1.82, 2.24) is 9.29 Å². The molecular weight excluding hydrogens is 356 g/mol. The van der Waals surface area contributed by atoms with E-state index in [0.717, 1.165) is 20.2 Å². The van der Waals surface area contributed by atoms with Gasteiger partial charge in [0.15, 0.2) is 0 Å². The lowest BCUT2D eigenvalue weighted by atomic mass is 10.3. The predicted octanol–water partition coefficient (Wildman–Crippen LogP) is 2.81. The summed E-state index contributed by atoms with van der Waals surface area (Å²) in [5.41, 5.74) is 1.69. The van der Waals surface area contributed by atoms with E-state index in [1.807, 2.05) is 24.3 Å². The molecule has 6 nitrogen and oxygen atoms in total. The molecule has 2 rings (SSSR count). The number of aromatic nitrogens is 1. The molecule has 0 fully saturated rings. The van der Waals surface area contributed by atoms with E-state index in [-0.39, 0.29) is 5.82 Å². The second-order valence-corrected chi connectivity index (χ2v) is 7.25. The quantitative estimate of drug-likeness (QED) is 0.848. The van der Waals surface area contributed by atoms with Crippen LogP contribution in [0.25, 0.3) is 0 Å².